The van der Waals surface area contributed by atoms with Crippen LogP contribution in [0.1, 0.15) is 23.4 Å². The van der Waals surface area contributed by atoms with Crippen LogP contribution in [-0.4, -0.2) is 44.0 Å². The van der Waals surface area contributed by atoms with E-state index in [4.69, 9.17) is 4.42 Å². The van der Waals surface area contributed by atoms with Crippen molar-refractivity contribution in [2.45, 2.75) is 24.3 Å². The summed E-state index contributed by atoms with van der Waals surface area (Å²) in [6.07, 6.45) is 3.90. The maximum absolute atomic E-state index is 11.4. The molecule has 0 amide bonds. The molecule has 10 nitrogen and oxygen atoms in total. The summed E-state index contributed by atoms with van der Waals surface area (Å²) < 4.78 is 72.5. The van der Waals surface area contributed by atoms with Crippen LogP contribution < -0.4 is 9.47 Å². The van der Waals surface area contributed by atoms with Gasteiger partial charge in [0.2, 0.25) is 5.52 Å². The van der Waals surface area contributed by atoms with Crippen molar-refractivity contribution in [1.82, 2.24) is 0 Å². The summed E-state index contributed by atoms with van der Waals surface area (Å²) in [7, 11) is -8.27. The molecule has 0 radical (unpaired) electrons. The van der Waals surface area contributed by atoms with E-state index in [0.29, 0.717) is 17.9 Å². The molecular weight excluding hydrogens is 595 g/mol. The number of thiazole rings is 1. The molecule has 0 atom stereocenters. The molecule has 0 saturated carbocycles. The standard InChI is InChI=1S/C26H23N3O7S4/c27-17-18-5-7-23-20(14-18)28(9-2-12-39(30,31)32)25(37-23)16-26-29(10-3-13-40(33,34)35)21-15-19(6-8-24(21)38-26)22-4-1-11-36-22/h1,4-8,11,14-16H,2-3,9-10,12-13H2,(H-,30,31,32,33,34,35)/p+1. The van der Waals surface area contributed by atoms with Crippen LogP contribution in [0.15, 0.2) is 69.1 Å². The van der Waals surface area contributed by atoms with E-state index in [-0.39, 0.29) is 25.1 Å². The third kappa shape index (κ3) is 6.57. The number of anilines is 1. The number of benzene rings is 2. The molecule has 208 valence electrons. The second-order valence-corrected chi connectivity index (χ2v) is 14.3. The van der Waals surface area contributed by atoms with Gasteiger partial charge in [-0.2, -0.15) is 26.7 Å². The number of hydrogen-bond acceptors (Lipinski definition) is 9. The Balaban J connectivity index is 1.56. The minimum atomic E-state index is -4.14. The lowest BCUT2D eigenvalue weighted by molar-refractivity contribution is -0.668. The fourth-order valence-electron chi connectivity index (χ4n) is 4.46. The largest absolute Gasteiger partial charge is 0.464 e. The summed E-state index contributed by atoms with van der Waals surface area (Å²) in [6, 6.07) is 17.0. The molecule has 0 bridgehead atoms. The fraction of sp³-hybridized carbons (Fsp3) is 0.231. The molecule has 3 heterocycles. The van der Waals surface area contributed by atoms with Gasteiger partial charge >= 0.3 is 0 Å². The van der Waals surface area contributed by atoms with Gasteiger partial charge in [0.15, 0.2) is 6.54 Å². The van der Waals surface area contributed by atoms with Gasteiger partial charge in [-0.25, -0.2) is 0 Å². The second kappa shape index (κ2) is 11.4. The van der Waals surface area contributed by atoms with Crippen LogP contribution in [-0.2, 0) is 26.8 Å². The number of aromatic nitrogens is 1. The molecule has 0 saturated heterocycles. The monoisotopic (exact) mass is 618 g/mol. The molecule has 0 fully saturated rings. The van der Waals surface area contributed by atoms with E-state index in [9.17, 15) is 31.2 Å². The first kappa shape index (κ1) is 28.3. The first-order valence-electron chi connectivity index (χ1n) is 12.1. The molecule has 0 aliphatic carbocycles. The Labute approximate surface area is 239 Å². The molecular formula is C26H24N3O7S4+. The van der Waals surface area contributed by atoms with Gasteiger partial charge in [-0.3, -0.25) is 9.11 Å². The van der Waals surface area contributed by atoms with E-state index in [2.05, 4.69) is 6.07 Å². The van der Waals surface area contributed by atoms with Crippen LogP contribution in [0, 0.1) is 11.3 Å². The van der Waals surface area contributed by atoms with Crippen LogP contribution in [0.5, 0.6) is 0 Å². The summed E-state index contributed by atoms with van der Waals surface area (Å²) in [5, 5.41) is 11.0. The molecule has 0 spiro atoms. The Morgan fingerprint density at radius 2 is 1.80 bits per heavy atom. The maximum Gasteiger partial charge on any atom is 0.265 e. The van der Waals surface area contributed by atoms with Gasteiger partial charge in [0.25, 0.3) is 25.2 Å². The highest BCUT2D eigenvalue weighted by atomic mass is 32.2. The van der Waals surface area contributed by atoms with Crippen molar-refractivity contribution in [2.75, 3.05) is 23.0 Å². The SMILES string of the molecule is N#Cc1ccc2sc(C=C3Sc4ccc(-c5ccco5)cc4N3CCCS(=O)(=O)O)[n+](CCCS(=O)(=O)O)c2c1. The zero-order valence-electron chi connectivity index (χ0n) is 20.9. The van der Waals surface area contributed by atoms with Crippen molar-refractivity contribution in [2.24, 2.45) is 0 Å². The molecule has 2 aromatic heterocycles. The van der Waals surface area contributed by atoms with E-state index in [1.807, 2.05) is 45.9 Å². The first-order valence-corrected chi connectivity index (χ1v) is 17.0. The average molecular weight is 619 g/mol. The van der Waals surface area contributed by atoms with Crippen molar-refractivity contribution in [1.29, 1.82) is 5.26 Å². The lowest BCUT2D eigenvalue weighted by Crippen LogP contribution is -2.36. The normalized spacial score (nSPS) is 14.6. The van der Waals surface area contributed by atoms with Crippen LogP contribution in [0.4, 0.5) is 5.69 Å². The van der Waals surface area contributed by atoms with Crippen molar-refractivity contribution in [3.05, 3.63) is 70.4 Å². The molecule has 2 N–H and O–H groups in total. The number of nitriles is 1. The Bertz CT molecular complexity index is 1860. The number of fused-ring (bicyclic) bond motifs is 2. The average Bonchev–Trinajstić information content (AvgIpc) is 3.61. The fourth-order valence-corrected chi connectivity index (χ4v) is 7.73. The number of nitrogens with zero attached hydrogens (tertiary/aromatic N) is 3. The summed E-state index contributed by atoms with van der Waals surface area (Å²) in [5.74, 6) is -0.0926. The number of aryl methyl sites for hydroxylation is 1. The van der Waals surface area contributed by atoms with Gasteiger partial charge in [0.1, 0.15) is 10.5 Å². The van der Waals surface area contributed by atoms with E-state index in [0.717, 1.165) is 36.4 Å². The lowest BCUT2D eigenvalue weighted by atomic mass is 10.1. The van der Waals surface area contributed by atoms with Crippen LogP contribution >= 0.6 is 23.1 Å². The third-order valence-corrected chi connectivity index (χ3v) is 10.0. The van der Waals surface area contributed by atoms with E-state index >= 15 is 0 Å². The van der Waals surface area contributed by atoms with Gasteiger partial charge in [-0.15, -0.1) is 0 Å². The maximum atomic E-state index is 11.4. The smallest absolute Gasteiger partial charge is 0.265 e. The van der Waals surface area contributed by atoms with E-state index in [1.54, 1.807) is 24.5 Å². The molecule has 0 unspecified atom stereocenters. The predicted octanol–water partition coefficient (Wildman–Crippen LogP) is 4.79. The number of hydrogen-bond donors (Lipinski definition) is 2. The van der Waals surface area contributed by atoms with Gasteiger partial charge in [0, 0.05) is 29.5 Å². The van der Waals surface area contributed by atoms with Gasteiger partial charge in [0.05, 0.1) is 46.2 Å². The number of rotatable bonds is 10. The van der Waals surface area contributed by atoms with Crippen molar-refractivity contribution in [3.8, 4) is 17.4 Å². The zero-order valence-corrected chi connectivity index (χ0v) is 24.2. The Kier molecular flexibility index (Phi) is 8.05. The van der Waals surface area contributed by atoms with Crippen molar-refractivity contribution in [3.63, 3.8) is 0 Å². The van der Waals surface area contributed by atoms with Crippen molar-refractivity contribution >= 4 is 65.3 Å². The third-order valence-electron chi connectivity index (χ3n) is 6.21. The number of furan rings is 1. The molecule has 4 aromatic rings. The van der Waals surface area contributed by atoms with Crippen LogP contribution in [0.3, 0.4) is 0 Å². The highest BCUT2D eigenvalue weighted by molar-refractivity contribution is 8.04. The number of thioether (sulfide) groups is 1. The summed E-state index contributed by atoms with van der Waals surface area (Å²) in [5.41, 5.74) is 2.96. The summed E-state index contributed by atoms with van der Waals surface area (Å²) >= 11 is 2.98. The highest BCUT2D eigenvalue weighted by Crippen LogP contribution is 2.48. The Morgan fingerprint density at radius 3 is 2.50 bits per heavy atom. The first-order chi connectivity index (χ1) is 19.0. The lowest BCUT2D eigenvalue weighted by Gasteiger charge is -2.20. The molecule has 1 aliphatic heterocycles. The molecule has 40 heavy (non-hydrogen) atoms. The topological polar surface area (TPSA) is 153 Å². The van der Waals surface area contributed by atoms with Crippen molar-refractivity contribution < 1.29 is 34.9 Å². The summed E-state index contributed by atoms with van der Waals surface area (Å²) in [6.45, 7) is 0.607. The Morgan fingerprint density at radius 1 is 1.02 bits per heavy atom. The predicted molar refractivity (Wildman–Crippen MR) is 154 cm³/mol. The van der Waals surface area contributed by atoms with Gasteiger partial charge in [-0.05, 0) is 48.9 Å². The molecule has 1 aliphatic rings. The minimum Gasteiger partial charge on any atom is -0.464 e. The highest BCUT2D eigenvalue weighted by Gasteiger charge is 2.29. The van der Waals surface area contributed by atoms with Crippen LogP contribution in [0.25, 0.3) is 27.6 Å². The Hall–Kier alpha value is -3.19. The molecule has 2 aromatic carbocycles. The second-order valence-electron chi connectivity index (χ2n) is 9.06. The van der Waals surface area contributed by atoms with Gasteiger partial charge < -0.3 is 9.32 Å². The van der Waals surface area contributed by atoms with Gasteiger partial charge in [-0.1, -0.05) is 23.1 Å². The quantitative estimate of drug-likeness (QED) is 0.187. The minimum absolute atomic E-state index is 0.167. The van der Waals surface area contributed by atoms with E-state index in [1.165, 1.54) is 23.1 Å². The molecule has 5 rings (SSSR count). The van der Waals surface area contributed by atoms with Crippen LogP contribution in [0.2, 0.25) is 0 Å². The summed E-state index contributed by atoms with van der Waals surface area (Å²) in [4.78, 5) is 2.95. The zero-order chi connectivity index (χ0) is 28.5. The van der Waals surface area contributed by atoms with E-state index < -0.39 is 26.0 Å². The molecule has 14 heteroatoms.